The average Bonchev–Trinajstić information content (AvgIpc) is 2.60. The molecule has 150 valence electrons. The SMILES string of the molecule is CC(C)(C)NS(=O)(=O)c1ccc(N[C@@H]2CCCc3ccccc32)c([N+](=O)[O-])c1. The zero-order valence-electron chi connectivity index (χ0n) is 16.2. The first-order valence-electron chi connectivity index (χ1n) is 9.23. The lowest BCUT2D eigenvalue weighted by Crippen LogP contribution is -2.40. The van der Waals surface area contributed by atoms with E-state index in [9.17, 15) is 18.5 Å². The van der Waals surface area contributed by atoms with Crippen molar-refractivity contribution in [2.75, 3.05) is 5.32 Å². The number of anilines is 1. The maximum atomic E-state index is 12.5. The summed E-state index contributed by atoms with van der Waals surface area (Å²) in [6.45, 7) is 5.15. The number of nitrogens with zero attached hydrogens (tertiary/aromatic N) is 1. The molecule has 0 aliphatic heterocycles. The van der Waals surface area contributed by atoms with E-state index in [0.29, 0.717) is 5.69 Å². The molecular formula is C20H25N3O4S. The Kier molecular flexibility index (Phi) is 5.45. The van der Waals surface area contributed by atoms with Crippen molar-refractivity contribution in [3.05, 3.63) is 63.7 Å². The summed E-state index contributed by atoms with van der Waals surface area (Å²) >= 11 is 0. The van der Waals surface area contributed by atoms with Gasteiger partial charge >= 0.3 is 0 Å². The van der Waals surface area contributed by atoms with Crippen LogP contribution in [0.15, 0.2) is 47.4 Å². The van der Waals surface area contributed by atoms with Gasteiger partial charge in [-0.3, -0.25) is 10.1 Å². The predicted molar refractivity (Wildman–Crippen MR) is 109 cm³/mol. The van der Waals surface area contributed by atoms with Crippen LogP contribution in [0.1, 0.15) is 50.8 Å². The Morgan fingerprint density at radius 1 is 1.14 bits per heavy atom. The van der Waals surface area contributed by atoms with Crippen LogP contribution < -0.4 is 10.0 Å². The molecule has 2 aromatic carbocycles. The third-order valence-electron chi connectivity index (χ3n) is 4.62. The van der Waals surface area contributed by atoms with Gasteiger partial charge in [-0.05, 0) is 63.3 Å². The fraction of sp³-hybridized carbons (Fsp3) is 0.400. The monoisotopic (exact) mass is 403 g/mol. The highest BCUT2D eigenvalue weighted by Gasteiger charge is 2.27. The van der Waals surface area contributed by atoms with Crippen LogP contribution in [0.2, 0.25) is 0 Å². The predicted octanol–water partition coefficient (Wildman–Crippen LogP) is 4.16. The van der Waals surface area contributed by atoms with E-state index in [4.69, 9.17) is 0 Å². The fourth-order valence-corrected chi connectivity index (χ4v) is 4.94. The summed E-state index contributed by atoms with van der Waals surface area (Å²) in [6, 6.07) is 12.0. The Morgan fingerprint density at radius 3 is 2.54 bits per heavy atom. The summed E-state index contributed by atoms with van der Waals surface area (Å²) in [7, 11) is -3.85. The molecule has 0 fully saturated rings. The number of nitrogens with one attached hydrogen (secondary N) is 2. The van der Waals surface area contributed by atoms with E-state index in [0.717, 1.165) is 30.9 Å². The second-order valence-corrected chi connectivity index (χ2v) is 9.76. The average molecular weight is 404 g/mol. The molecule has 2 N–H and O–H groups in total. The number of benzene rings is 2. The minimum atomic E-state index is -3.85. The van der Waals surface area contributed by atoms with Crippen LogP contribution in [0.5, 0.6) is 0 Å². The number of aryl methyl sites for hydroxylation is 1. The molecule has 0 saturated carbocycles. The summed E-state index contributed by atoms with van der Waals surface area (Å²) in [5.41, 5.74) is 1.76. The highest BCUT2D eigenvalue weighted by Crippen LogP contribution is 2.36. The van der Waals surface area contributed by atoms with Crippen LogP contribution in [0, 0.1) is 10.1 Å². The molecule has 0 saturated heterocycles. The Bertz CT molecular complexity index is 997. The van der Waals surface area contributed by atoms with Crippen molar-refractivity contribution in [2.24, 2.45) is 0 Å². The molecule has 0 radical (unpaired) electrons. The number of fused-ring (bicyclic) bond motifs is 1. The normalized spacial score (nSPS) is 17.0. The Hall–Kier alpha value is -2.45. The zero-order valence-corrected chi connectivity index (χ0v) is 17.0. The second kappa shape index (κ2) is 7.52. The first-order valence-corrected chi connectivity index (χ1v) is 10.7. The van der Waals surface area contributed by atoms with Crippen molar-refractivity contribution in [1.82, 2.24) is 4.72 Å². The van der Waals surface area contributed by atoms with E-state index in [1.807, 2.05) is 18.2 Å². The van der Waals surface area contributed by atoms with Gasteiger partial charge in [0.2, 0.25) is 10.0 Å². The number of rotatable bonds is 5. The highest BCUT2D eigenvalue weighted by molar-refractivity contribution is 7.89. The van der Waals surface area contributed by atoms with Crippen LogP contribution >= 0.6 is 0 Å². The summed E-state index contributed by atoms with van der Waals surface area (Å²) in [4.78, 5) is 11.0. The van der Waals surface area contributed by atoms with Gasteiger partial charge in [0.05, 0.1) is 15.9 Å². The number of sulfonamides is 1. The van der Waals surface area contributed by atoms with Crippen molar-refractivity contribution in [3.63, 3.8) is 0 Å². The Balaban J connectivity index is 1.94. The molecule has 0 spiro atoms. The molecule has 7 nitrogen and oxygen atoms in total. The smallest absolute Gasteiger partial charge is 0.293 e. The molecule has 0 heterocycles. The molecule has 2 aromatic rings. The van der Waals surface area contributed by atoms with E-state index in [2.05, 4.69) is 16.1 Å². The summed E-state index contributed by atoms with van der Waals surface area (Å²) in [6.07, 6.45) is 2.84. The summed E-state index contributed by atoms with van der Waals surface area (Å²) < 4.78 is 27.6. The van der Waals surface area contributed by atoms with Crippen molar-refractivity contribution in [3.8, 4) is 0 Å². The summed E-state index contributed by atoms with van der Waals surface area (Å²) in [5, 5.41) is 14.9. The highest BCUT2D eigenvalue weighted by atomic mass is 32.2. The molecule has 1 aliphatic rings. The van der Waals surface area contributed by atoms with Crippen molar-refractivity contribution >= 4 is 21.4 Å². The largest absolute Gasteiger partial charge is 0.373 e. The van der Waals surface area contributed by atoms with Crippen LogP contribution in [0.3, 0.4) is 0 Å². The number of nitro groups is 1. The lowest BCUT2D eigenvalue weighted by atomic mass is 9.87. The van der Waals surface area contributed by atoms with Crippen LogP contribution in [0.25, 0.3) is 0 Å². The van der Waals surface area contributed by atoms with Gasteiger partial charge in [0, 0.05) is 11.6 Å². The van der Waals surface area contributed by atoms with Crippen molar-refractivity contribution in [2.45, 2.75) is 56.5 Å². The zero-order chi connectivity index (χ0) is 20.5. The molecule has 1 aliphatic carbocycles. The molecule has 0 unspecified atom stereocenters. The van der Waals surface area contributed by atoms with E-state index < -0.39 is 20.5 Å². The Morgan fingerprint density at radius 2 is 1.86 bits per heavy atom. The number of nitro benzene ring substituents is 1. The molecule has 0 aromatic heterocycles. The second-order valence-electron chi connectivity index (χ2n) is 8.08. The molecule has 1 atom stereocenters. The van der Waals surface area contributed by atoms with Crippen molar-refractivity contribution in [1.29, 1.82) is 0 Å². The van der Waals surface area contributed by atoms with Crippen LogP contribution in [0.4, 0.5) is 11.4 Å². The van der Waals surface area contributed by atoms with Gasteiger partial charge in [-0.1, -0.05) is 24.3 Å². The van der Waals surface area contributed by atoms with E-state index in [1.54, 1.807) is 20.8 Å². The number of hydrogen-bond acceptors (Lipinski definition) is 5. The van der Waals surface area contributed by atoms with Crippen LogP contribution in [-0.4, -0.2) is 18.9 Å². The molecular weight excluding hydrogens is 378 g/mol. The van der Waals surface area contributed by atoms with Gasteiger partial charge in [0.1, 0.15) is 5.69 Å². The Labute approximate surface area is 165 Å². The van der Waals surface area contributed by atoms with Gasteiger partial charge in [0.15, 0.2) is 0 Å². The van der Waals surface area contributed by atoms with Gasteiger partial charge < -0.3 is 5.32 Å². The molecule has 3 rings (SSSR count). The lowest BCUT2D eigenvalue weighted by molar-refractivity contribution is -0.384. The topological polar surface area (TPSA) is 101 Å². The third-order valence-corrected chi connectivity index (χ3v) is 6.37. The van der Waals surface area contributed by atoms with Crippen molar-refractivity contribution < 1.29 is 13.3 Å². The van der Waals surface area contributed by atoms with E-state index in [-0.39, 0.29) is 16.6 Å². The van der Waals surface area contributed by atoms with Gasteiger partial charge in [-0.25, -0.2) is 13.1 Å². The molecule has 8 heteroatoms. The maximum absolute atomic E-state index is 12.5. The first kappa shape index (κ1) is 20.3. The van der Waals surface area contributed by atoms with Gasteiger partial charge in [-0.2, -0.15) is 0 Å². The summed E-state index contributed by atoms with van der Waals surface area (Å²) in [5.74, 6) is 0. The van der Waals surface area contributed by atoms with Gasteiger partial charge in [-0.15, -0.1) is 0 Å². The maximum Gasteiger partial charge on any atom is 0.293 e. The molecule has 28 heavy (non-hydrogen) atoms. The third kappa shape index (κ3) is 4.51. The lowest BCUT2D eigenvalue weighted by Gasteiger charge is -2.27. The first-order chi connectivity index (χ1) is 13.1. The minimum Gasteiger partial charge on any atom is -0.373 e. The number of hydrogen-bond donors (Lipinski definition) is 2. The van der Waals surface area contributed by atoms with E-state index >= 15 is 0 Å². The van der Waals surface area contributed by atoms with Crippen LogP contribution in [-0.2, 0) is 16.4 Å². The van der Waals surface area contributed by atoms with Gasteiger partial charge in [0.25, 0.3) is 5.69 Å². The standard InChI is InChI=1S/C20H25N3O4S/c1-20(2,3)22-28(26,27)15-11-12-18(19(13-15)23(24)25)21-17-10-6-8-14-7-4-5-9-16(14)17/h4-5,7,9,11-13,17,21-22H,6,8,10H2,1-3H3/t17-/m1/s1. The molecule has 0 bridgehead atoms. The van der Waals surface area contributed by atoms with E-state index in [1.165, 1.54) is 17.7 Å². The fourth-order valence-electron chi connectivity index (χ4n) is 3.51. The molecule has 0 amide bonds. The minimum absolute atomic E-state index is 0.0428. The quantitative estimate of drug-likeness (QED) is 0.576.